The number of nitrogens with zero attached hydrogens (tertiary/aromatic N) is 5. The number of nitrogens with one attached hydrogen (secondary N) is 1. The second kappa shape index (κ2) is 8.32. The number of aromatic amines is 1. The Kier molecular flexibility index (Phi) is 5.25. The summed E-state index contributed by atoms with van der Waals surface area (Å²) >= 11 is 0. The molecular formula is C21H26N6O2. The van der Waals surface area contributed by atoms with Crippen molar-refractivity contribution in [2.75, 3.05) is 6.54 Å². The first-order valence-corrected chi connectivity index (χ1v) is 10.5. The Hall–Kier alpha value is -2.74. The van der Waals surface area contributed by atoms with Crippen LogP contribution in [0.2, 0.25) is 0 Å². The van der Waals surface area contributed by atoms with E-state index in [0.717, 1.165) is 50.2 Å². The lowest BCUT2D eigenvalue weighted by molar-refractivity contribution is 0.148. The molecule has 1 aliphatic carbocycles. The van der Waals surface area contributed by atoms with E-state index in [4.69, 9.17) is 9.26 Å². The van der Waals surface area contributed by atoms with Crippen LogP contribution in [0.3, 0.4) is 0 Å². The van der Waals surface area contributed by atoms with Crippen molar-refractivity contribution in [3.05, 3.63) is 42.4 Å². The second-order valence-electron chi connectivity index (χ2n) is 7.88. The van der Waals surface area contributed by atoms with E-state index in [1.165, 1.54) is 19.3 Å². The number of ether oxygens (including phenoxy) is 1. The maximum atomic E-state index is 6.01. The van der Waals surface area contributed by atoms with E-state index >= 15 is 0 Å². The molecule has 0 amide bonds. The van der Waals surface area contributed by atoms with Gasteiger partial charge in [-0.2, -0.15) is 4.98 Å². The predicted molar refractivity (Wildman–Crippen MR) is 106 cm³/mol. The molecule has 1 atom stereocenters. The Morgan fingerprint density at radius 3 is 2.83 bits per heavy atom. The Morgan fingerprint density at radius 2 is 2.03 bits per heavy atom. The molecule has 2 fully saturated rings. The molecule has 0 unspecified atom stereocenters. The van der Waals surface area contributed by atoms with E-state index in [9.17, 15) is 0 Å². The first kappa shape index (κ1) is 18.3. The summed E-state index contributed by atoms with van der Waals surface area (Å²) in [6, 6.07) is 3.98. The zero-order valence-corrected chi connectivity index (χ0v) is 16.5. The van der Waals surface area contributed by atoms with Crippen LogP contribution in [-0.4, -0.2) is 42.6 Å². The number of hydrogen-bond donors (Lipinski definition) is 1. The number of likely N-dealkylation sites (tertiary alicyclic amines) is 1. The molecule has 152 valence electrons. The van der Waals surface area contributed by atoms with Crippen LogP contribution in [0.1, 0.15) is 62.7 Å². The highest BCUT2D eigenvalue weighted by Gasteiger charge is 2.31. The van der Waals surface area contributed by atoms with E-state index in [2.05, 4.69) is 30.0 Å². The van der Waals surface area contributed by atoms with E-state index in [1.807, 2.05) is 18.3 Å². The minimum atomic E-state index is 0.128. The summed E-state index contributed by atoms with van der Waals surface area (Å²) in [6.07, 6.45) is 13.8. The van der Waals surface area contributed by atoms with Crippen LogP contribution in [-0.2, 0) is 6.54 Å². The summed E-state index contributed by atoms with van der Waals surface area (Å²) in [5, 5.41) is 4.19. The Labute approximate surface area is 169 Å². The van der Waals surface area contributed by atoms with Crippen LogP contribution in [0, 0.1) is 0 Å². The quantitative estimate of drug-likeness (QED) is 0.677. The van der Waals surface area contributed by atoms with E-state index < -0.39 is 0 Å². The van der Waals surface area contributed by atoms with Gasteiger partial charge in [0, 0.05) is 30.2 Å². The highest BCUT2D eigenvalue weighted by Crippen LogP contribution is 2.33. The van der Waals surface area contributed by atoms with Crippen molar-refractivity contribution in [2.24, 2.45) is 0 Å². The third-order valence-corrected chi connectivity index (χ3v) is 5.83. The van der Waals surface area contributed by atoms with Crippen molar-refractivity contribution in [3.63, 3.8) is 0 Å². The molecule has 2 aliphatic rings. The molecule has 0 spiro atoms. The van der Waals surface area contributed by atoms with Gasteiger partial charge in [-0.1, -0.05) is 11.6 Å². The van der Waals surface area contributed by atoms with E-state index in [-0.39, 0.29) is 6.04 Å². The Balaban J connectivity index is 1.25. The van der Waals surface area contributed by atoms with E-state index in [1.54, 1.807) is 12.4 Å². The fourth-order valence-electron chi connectivity index (χ4n) is 4.30. The second-order valence-corrected chi connectivity index (χ2v) is 7.88. The van der Waals surface area contributed by atoms with Crippen molar-refractivity contribution in [1.29, 1.82) is 0 Å². The largest absolute Gasteiger partial charge is 0.474 e. The minimum absolute atomic E-state index is 0.128. The lowest BCUT2D eigenvalue weighted by Crippen LogP contribution is -2.23. The summed E-state index contributed by atoms with van der Waals surface area (Å²) in [7, 11) is 0. The minimum Gasteiger partial charge on any atom is -0.474 e. The van der Waals surface area contributed by atoms with Crippen molar-refractivity contribution >= 4 is 0 Å². The van der Waals surface area contributed by atoms with Gasteiger partial charge in [-0.05, 0) is 51.1 Å². The summed E-state index contributed by atoms with van der Waals surface area (Å²) in [6.45, 7) is 1.75. The first-order chi connectivity index (χ1) is 14.3. The van der Waals surface area contributed by atoms with Gasteiger partial charge in [0.2, 0.25) is 17.6 Å². The van der Waals surface area contributed by atoms with Gasteiger partial charge in [-0.15, -0.1) is 0 Å². The lowest BCUT2D eigenvalue weighted by atomic mass is 9.98. The van der Waals surface area contributed by atoms with Crippen molar-refractivity contribution in [1.82, 2.24) is 30.0 Å². The molecule has 0 aromatic carbocycles. The van der Waals surface area contributed by atoms with Crippen LogP contribution < -0.4 is 4.74 Å². The standard InChI is InChI=1S/C21H26N6O2/c1-2-5-16(6-3-1)28-19-9-8-15(13-24-19)20-25-21(29-26-20)17-7-4-12-27(17)14-18-22-10-11-23-18/h8-11,13,16-17H,1-7,12,14H2,(H,22,23)/t17-/m0/s1. The molecule has 1 saturated heterocycles. The highest BCUT2D eigenvalue weighted by atomic mass is 16.5. The molecule has 1 N–H and O–H groups in total. The zero-order chi connectivity index (χ0) is 19.5. The SMILES string of the molecule is c1c[nH]c(CN2CCC[C@H]2c2nc(-c3ccc(OC4CCCCC4)nc3)no2)n1. The van der Waals surface area contributed by atoms with Gasteiger partial charge >= 0.3 is 0 Å². The van der Waals surface area contributed by atoms with Gasteiger partial charge in [0.25, 0.3) is 0 Å². The van der Waals surface area contributed by atoms with Crippen LogP contribution in [0.25, 0.3) is 11.4 Å². The van der Waals surface area contributed by atoms with Gasteiger partial charge < -0.3 is 14.2 Å². The molecule has 8 heteroatoms. The third kappa shape index (κ3) is 4.17. The summed E-state index contributed by atoms with van der Waals surface area (Å²) in [5.74, 6) is 2.85. The average molecular weight is 394 g/mol. The van der Waals surface area contributed by atoms with Gasteiger partial charge in [-0.3, -0.25) is 4.90 Å². The molecule has 3 aromatic heterocycles. The monoisotopic (exact) mass is 394 g/mol. The molecule has 4 heterocycles. The number of H-pyrrole nitrogens is 1. The van der Waals surface area contributed by atoms with Crippen LogP contribution in [0.15, 0.2) is 35.2 Å². The van der Waals surface area contributed by atoms with Crippen molar-refractivity contribution in [3.8, 4) is 17.3 Å². The fraction of sp³-hybridized carbons (Fsp3) is 0.524. The smallest absolute Gasteiger partial charge is 0.244 e. The molecule has 0 bridgehead atoms. The predicted octanol–water partition coefficient (Wildman–Crippen LogP) is 3.90. The summed E-state index contributed by atoms with van der Waals surface area (Å²) < 4.78 is 11.6. The lowest BCUT2D eigenvalue weighted by Gasteiger charge is -2.22. The number of hydrogen-bond acceptors (Lipinski definition) is 7. The topological polar surface area (TPSA) is 93.0 Å². The number of imidazole rings is 1. The summed E-state index contributed by atoms with van der Waals surface area (Å²) in [4.78, 5) is 18.9. The number of pyridine rings is 1. The number of aromatic nitrogens is 5. The molecule has 29 heavy (non-hydrogen) atoms. The third-order valence-electron chi connectivity index (χ3n) is 5.83. The van der Waals surface area contributed by atoms with Crippen molar-refractivity contribution < 1.29 is 9.26 Å². The molecule has 1 aliphatic heterocycles. The number of rotatable bonds is 6. The highest BCUT2D eigenvalue weighted by molar-refractivity contribution is 5.53. The van der Waals surface area contributed by atoms with Gasteiger partial charge in [0.1, 0.15) is 11.9 Å². The van der Waals surface area contributed by atoms with Gasteiger partial charge in [0.05, 0.1) is 12.6 Å². The molecule has 8 nitrogen and oxygen atoms in total. The molecule has 5 rings (SSSR count). The molecule has 3 aromatic rings. The molecular weight excluding hydrogens is 368 g/mol. The maximum Gasteiger partial charge on any atom is 0.244 e. The van der Waals surface area contributed by atoms with Crippen LogP contribution in [0.5, 0.6) is 5.88 Å². The normalized spacial score (nSPS) is 20.9. The van der Waals surface area contributed by atoms with Crippen LogP contribution in [0.4, 0.5) is 0 Å². The fourth-order valence-corrected chi connectivity index (χ4v) is 4.30. The van der Waals surface area contributed by atoms with E-state index in [0.29, 0.717) is 23.7 Å². The maximum absolute atomic E-state index is 6.01. The van der Waals surface area contributed by atoms with Gasteiger partial charge in [-0.25, -0.2) is 9.97 Å². The van der Waals surface area contributed by atoms with Gasteiger partial charge in [0.15, 0.2) is 0 Å². The zero-order valence-electron chi connectivity index (χ0n) is 16.5. The molecule has 1 saturated carbocycles. The van der Waals surface area contributed by atoms with Crippen molar-refractivity contribution in [2.45, 2.75) is 63.6 Å². The molecule has 0 radical (unpaired) electrons. The first-order valence-electron chi connectivity index (χ1n) is 10.5. The average Bonchev–Trinajstić information content (AvgIpc) is 3.52. The Bertz CT molecular complexity index is 902. The van der Waals surface area contributed by atoms with Crippen LogP contribution >= 0.6 is 0 Å². The Morgan fingerprint density at radius 1 is 1.10 bits per heavy atom. The summed E-state index contributed by atoms with van der Waals surface area (Å²) in [5.41, 5.74) is 0.839.